The van der Waals surface area contributed by atoms with Crippen LogP contribution in [0.4, 0.5) is 5.82 Å². The number of pyridine rings is 1. The maximum Gasteiger partial charge on any atom is 0.223 e. The summed E-state index contributed by atoms with van der Waals surface area (Å²) in [4.78, 5) is 21.2. The fourth-order valence-corrected chi connectivity index (χ4v) is 3.94. The molecule has 1 saturated carbocycles. The van der Waals surface area contributed by atoms with Crippen LogP contribution in [0.3, 0.4) is 0 Å². The van der Waals surface area contributed by atoms with Gasteiger partial charge >= 0.3 is 0 Å². The molecule has 0 N–H and O–H groups in total. The van der Waals surface area contributed by atoms with Crippen molar-refractivity contribution in [3.05, 3.63) is 17.8 Å². The van der Waals surface area contributed by atoms with Crippen LogP contribution in [-0.4, -0.2) is 49.1 Å². The molecule has 1 amide bonds. The Morgan fingerprint density at radius 2 is 2.09 bits per heavy atom. The van der Waals surface area contributed by atoms with E-state index in [4.69, 9.17) is 4.74 Å². The molecular weight excluding hydrogens is 290 g/mol. The Bertz CT molecular complexity index is 569. The van der Waals surface area contributed by atoms with E-state index in [1.54, 1.807) is 7.11 Å². The molecule has 2 fully saturated rings. The largest absolute Gasteiger partial charge is 0.493 e. The molecule has 1 unspecified atom stereocenters. The molecule has 0 aromatic carbocycles. The second-order valence-electron chi connectivity index (χ2n) is 6.91. The van der Waals surface area contributed by atoms with Gasteiger partial charge in [0.25, 0.3) is 0 Å². The lowest BCUT2D eigenvalue weighted by molar-refractivity contribution is -0.129. The Kier molecular flexibility index (Phi) is 4.74. The molecule has 1 saturated heterocycles. The number of nitrogens with zero attached hydrogens (tertiary/aromatic N) is 3. The van der Waals surface area contributed by atoms with Gasteiger partial charge in [0.05, 0.1) is 7.11 Å². The van der Waals surface area contributed by atoms with Gasteiger partial charge < -0.3 is 14.5 Å². The van der Waals surface area contributed by atoms with Gasteiger partial charge in [-0.05, 0) is 31.9 Å². The van der Waals surface area contributed by atoms with E-state index in [0.29, 0.717) is 24.3 Å². The highest BCUT2D eigenvalue weighted by Crippen LogP contribution is 2.31. The number of amides is 1. The topological polar surface area (TPSA) is 45.7 Å². The maximum atomic E-state index is 12.3. The fraction of sp³-hybridized carbons (Fsp3) is 0.667. The number of rotatable bonds is 5. The molecule has 1 aliphatic heterocycles. The lowest BCUT2D eigenvalue weighted by Gasteiger charge is -2.26. The monoisotopic (exact) mass is 317 g/mol. The van der Waals surface area contributed by atoms with Crippen LogP contribution in [0.5, 0.6) is 5.75 Å². The minimum atomic E-state index is 0.333. The van der Waals surface area contributed by atoms with Gasteiger partial charge in [-0.3, -0.25) is 4.79 Å². The number of likely N-dealkylation sites (tertiary alicyclic amines) is 1. The number of aromatic nitrogens is 1. The lowest BCUT2D eigenvalue weighted by atomic mass is 10.1. The zero-order valence-corrected chi connectivity index (χ0v) is 14.4. The van der Waals surface area contributed by atoms with Crippen LogP contribution in [0, 0.1) is 12.8 Å². The first-order chi connectivity index (χ1) is 11.1. The first kappa shape index (κ1) is 16.1. The first-order valence-corrected chi connectivity index (χ1v) is 8.60. The van der Waals surface area contributed by atoms with Crippen LogP contribution in [0.2, 0.25) is 0 Å². The number of methoxy groups -OCH3 is 1. The van der Waals surface area contributed by atoms with E-state index >= 15 is 0 Å². The molecule has 1 aromatic heterocycles. The number of carbonyl (C=O) groups excluding carboxylic acids is 1. The highest BCUT2D eigenvalue weighted by molar-refractivity contribution is 5.79. The van der Waals surface area contributed by atoms with Crippen molar-refractivity contribution >= 4 is 11.7 Å². The number of hydrogen-bond acceptors (Lipinski definition) is 4. The summed E-state index contributed by atoms with van der Waals surface area (Å²) >= 11 is 0. The minimum Gasteiger partial charge on any atom is -0.493 e. The van der Waals surface area contributed by atoms with Gasteiger partial charge in [-0.15, -0.1) is 0 Å². The minimum absolute atomic E-state index is 0.333. The van der Waals surface area contributed by atoms with Gasteiger partial charge in [0.1, 0.15) is 0 Å². The smallest absolute Gasteiger partial charge is 0.223 e. The zero-order chi connectivity index (χ0) is 16.4. The van der Waals surface area contributed by atoms with Crippen LogP contribution in [-0.2, 0) is 4.79 Å². The molecule has 1 aromatic rings. The van der Waals surface area contributed by atoms with Crippen molar-refractivity contribution in [3.8, 4) is 5.75 Å². The van der Waals surface area contributed by atoms with E-state index in [2.05, 4.69) is 14.8 Å². The number of aryl methyl sites for hydroxylation is 1. The summed E-state index contributed by atoms with van der Waals surface area (Å²) in [6, 6.07) is 4.40. The predicted molar refractivity (Wildman–Crippen MR) is 90.9 cm³/mol. The molecule has 0 bridgehead atoms. The van der Waals surface area contributed by atoms with Gasteiger partial charge in [0, 0.05) is 44.2 Å². The van der Waals surface area contributed by atoms with Crippen LogP contribution in [0.1, 0.15) is 37.8 Å². The zero-order valence-electron chi connectivity index (χ0n) is 14.4. The molecular formula is C18H27N3O2. The molecule has 1 atom stereocenters. The third-order valence-electron chi connectivity index (χ3n) is 5.10. The van der Waals surface area contributed by atoms with Crippen LogP contribution < -0.4 is 9.64 Å². The fourth-order valence-electron chi connectivity index (χ4n) is 3.94. The second kappa shape index (κ2) is 6.77. The van der Waals surface area contributed by atoms with Gasteiger partial charge in [-0.1, -0.05) is 12.8 Å². The van der Waals surface area contributed by atoms with Gasteiger partial charge in [0.15, 0.2) is 11.6 Å². The van der Waals surface area contributed by atoms with Gasteiger partial charge in [-0.25, -0.2) is 4.98 Å². The molecule has 1 aliphatic carbocycles. The Morgan fingerprint density at radius 1 is 1.35 bits per heavy atom. The molecule has 3 rings (SSSR count). The van der Waals surface area contributed by atoms with E-state index in [0.717, 1.165) is 30.4 Å². The summed E-state index contributed by atoms with van der Waals surface area (Å²) in [6.07, 6.45) is 5.56. The van der Waals surface area contributed by atoms with Crippen molar-refractivity contribution < 1.29 is 9.53 Å². The summed E-state index contributed by atoms with van der Waals surface area (Å²) in [6.45, 7) is 3.71. The van der Waals surface area contributed by atoms with Crippen LogP contribution >= 0.6 is 0 Å². The molecule has 5 nitrogen and oxygen atoms in total. The predicted octanol–water partition coefficient (Wildman–Crippen LogP) is 2.63. The van der Waals surface area contributed by atoms with Crippen molar-refractivity contribution in [1.82, 2.24) is 9.88 Å². The van der Waals surface area contributed by atoms with Crippen molar-refractivity contribution in [2.24, 2.45) is 5.92 Å². The third-order valence-corrected chi connectivity index (χ3v) is 5.10. The van der Waals surface area contributed by atoms with E-state index < -0.39 is 0 Å². The van der Waals surface area contributed by atoms with E-state index in [1.165, 1.54) is 25.7 Å². The van der Waals surface area contributed by atoms with Gasteiger partial charge in [0.2, 0.25) is 5.91 Å². The highest BCUT2D eigenvalue weighted by atomic mass is 16.5. The molecule has 2 aliphatic rings. The number of anilines is 1. The lowest BCUT2D eigenvalue weighted by Crippen LogP contribution is -2.35. The molecule has 5 heteroatoms. The van der Waals surface area contributed by atoms with Crippen molar-refractivity contribution in [1.29, 1.82) is 0 Å². The average Bonchev–Trinajstić information content (AvgIpc) is 3.16. The second-order valence-corrected chi connectivity index (χ2v) is 6.91. The summed E-state index contributed by atoms with van der Waals surface area (Å²) in [5.74, 6) is 2.36. The van der Waals surface area contributed by atoms with E-state index in [1.807, 2.05) is 26.1 Å². The Hall–Kier alpha value is -1.78. The van der Waals surface area contributed by atoms with Gasteiger partial charge in [-0.2, -0.15) is 0 Å². The Balaban J connectivity index is 1.65. The Morgan fingerprint density at radius 3 is 2.78 bits per heavy atom. The SMILES string of the molecule is COc1ccc(C)nc1N(C)CC1CC(=O)N(C2CCCC2)C1. The van der Waals surface area contributed by atoms with Crippen LogP contribution in [0.15, 0.2) is 12.1 Å². The normalized spacial score (nSPS) is 22.0. The maximum absolute atomic E-state index is 12.3. The van der Waals surface area contributed by atoms with E-state index in [-0.39, 0.29) is 0 Å². The first-order valence-electron chi connectivity index (χ1n) is 8.60. The van der Waals surface area contributed by atoms with Crippen molar-refractivity contribution in [2.45, 2.75) is 45.1 Å². The molecule has 0 spiro atoms. The average molecular weight is 317 g/mol. The summed E-state index contributed by atoms with van der Waals surface area (Å²) in [7, 11) is 3.71. The third kappa shape index (κ3) is 3.43. The summed E-state index contributed by atoms with van der Waals surface area (Å²) in [5, 5.41) is 0. The molecule has 0 radical (unpaired) electrons. The van der Waals surface area contributed by atoms with Crippen LogP contribution in [0.25, 0.3) is 0 Å². The number of hydrogen-bond donors (Lipinski definition) is 0. The molecule has 2 heterocycles. The highest BCUT2D eigenvalue weighted by Gasteiger charge is 2.36. The summed E-state index contributed by atoms with van der Waals surface area (Å²) < 4.78 is 5.43. The standard InChI is InChI=1S/C18H27N3O2/c1-13-8-9-16(23-3)18(19-13)20(2)11-14-10-17(22)21(12-14)15-6-4-5-7-15/h8-9,14-15H,4-7,10-12H2,1-3H3. The number of ether oxygens (including phenoxy) is 1. The van der Waals surface area contributed by atoms with Crippen molar-refractivity contribution in [3.63, 3.8) is 0 Å². The van der Waals surface area contributed by atoms with E-state index in [9.17, 15) is 4.79 Å². The number of carbonyl (C=O) groups is 1. The van der Waals surface area contributed by atoms with Crippen molar-refractivity contribution in [2.75, 3.05) is 32.1 Å². The molecule has 126 valence electrons. The summed E-state index contributed by atoms with van der Waals surface area (Å²) in [5.41, 5.74) is 0.975. The molecule has 23 heavy (non-hydrogen) atoms. The quantitative estimate of drug-likeness (QED) is 0.837. The Labute approximate surface area is 138 Å².